The monoisotopic (exact) mass is 238 g/mol. The summed E-state index contributed by atoms with van der Waals surface area (Å²) in [6.45, 7) is 6.06. The zero-order chi connectivity index (χ0) is 12.2. The molecule has 16 heavy (non-hydrogen) atoms. The maximum Gasteiger partial charge on any atom is 0.311 e. The first-order valence-electron chi connectivity index (χ1n) is 5.41. The van der Waals surface area contributed by atoms with Crippen LogP contribution in [0.25, 0.3) is 0 Å². The molecule has 88 valence electrons. The average Bonchev–Trinajstić information content (AvgIpc) is 2.21. The Morgan fingerprint density at radius 3 is 2.38 bits per heavy atom. The fraction of sp³-hybridized carbons (Fsp3) is 0.462. The predicted octanol–water partition coefficient (Wildman–Crippen LogP) is 3.11. The molecule has 0 spiro atoms. The fourth-order valence-electron chi connectivity index (χ4n) is 1.52. The van der Waals surface area contributed by atoms with Gasteiger partial charge in [0.15, 0.2) is 0 Å². The van der Waals surface area contributed by atoms with E-state index in [4.69, 9.17) is 4.74 Å². The van der Waals surface area contributed by atoms with Crippen molar-refractivity contribution in [1.82, 2.24) is 0 Å². The Labute approximate surface area is 102 Å². The summed E-state index contributed by atoms with van der Waals surface area (Å²) in [4.78, 5) is 12.6. The number of hydrogen-bond acceptors (Lipinski definition) is 3. The van der Waals surface area contributed by atoms with E-state index >= 15 is 0 Å². The lowest BCUT2D eigenvalue weighted by molar-refractivity contribution is -0.153. The second-order valence-corrected chi connectivity index (χ2v) is 4.96. The molecule has 1 aromatic rings. The van der Waals surface area contributed by atoms with Crippen molar-refractivity contribution in [3.63, 3.8) is 0 Å². The van der Waals surface area contributed by atoms with Gasteiger partial charge in [0.2, 0.25) is 0 Å². The van der Waals surface area contributed by atoms with Gasteiger partial charge in [-0.3, -0.25) is 4.79 Å². The Bertz CT molecular complexity index is 355. The molecule has 0 aliphatic rings. The molecule has 0 heterocycles. The van der Waals surface area contributed by atoms with Gasteiger partial charge in [0.05, 0.1) is 12.0 Å². The van der Waals surface area contributed by atoms with E-state index in [-0.39, 0.29) is 5.97 Å². The highest BCUT2D eigenvalue weighted by Crippen LogP contribution is 2.24. The third kappa shape index (κ3) is 3.56. The molecule has 0 aliphatic heterocycles. The minimum atomic E-state index is -0.478. The molecule has 0 atom stereocenters. The number of carbonyl (C=O) groups is 1. The molecule has 3 heteroatoms. The summed E-state index contributed by atoms with van der Waals surface area (Å²) in [5, 5.41) is 0. The molecular formula is C13H18O2S. The molecule has 0 fully saturated rings. The zero-order valence-electron chi connectivity index (χ0n) is 9.99. The fourth-order valence-corrected chi connectivity index (χ4v) is 1.67. The third-order valence-corrected chi connectivity index (χ3v) is 2.71. The highest BCUT2D eigenvalue weighted by atomic mass is 32.1. The van der Waals surface area contributed by atoms with Crippen LogP contribution in [0.3, 0.4) is 0 Å². The molecule has 0 amide bonds. The normalized spacial score (nSPS) is 11.2. The Morgan fingerprint density at radius 1 is 1.31 bits per heavy atom. The van der Waals surface area contributed by atoms with Crippen LogP contribution in [0, 0.1) is 5.41 Å². The largest absolute Gasteiger partial charge is 0.466 e. The van der Waals surface area contributed by atoms with Crippen LogP contribution < -0.4 is 0 Å². The Kier molecular flexibility index (Phi) is 4.42. The van der Waals surface area contributed by atoms with Crippen LogP contribution in [0.2, 0.25) is 0 Å². The minimum absolute atomic E-state index is 0.148. The summed E-state index contributed by atoms with van der Waals surface area (Å²) < 4.78 is 5.05. The van der Waals surface area contributed by atoms with Gasteiger partial charge in [-0.2, -0.15) is 0 Å². The van der Waals surface area contributed by atoms with Crippen molar-refractivity contribution in [3.8, 4) is 0 Å². The summed E-state index contributed by atoms with van der Waals surface area (Å²) in [6, 6.07) is 7.84. The standard InChI is InChI=1S/C13H18O2S/c1-4-15-12(14)13(2,3)9-10-5-7-11(16)8-6-10/h5-8,16H,4,9H2,1-3H3. The molecule has 1 aromatic carbocycles. The van der Waals surface area contributed by atoms with Gasteiger partial charge in [-0.15, -0.1) is 12.6 Å². The summed E-state index contributed by atoms with van der Waals surface area (Å²) in [5.41, 5.74) is 0.643. The number of rotatable bonds is 4. The van der Waals surface area contributed by atoms with Crippen molar-refractivity contribution in [1.29, 1.82) is 0 Å². The van der Waals surface area contributed by atoms with Crippen LogP contribution in [-0.4, -0.2) is 12.6 Å². The molecule has 0 aliphatic carbocycles. The summed E-state index contributed by atoms with van der Waals surface area (Å²) in [6.07, 6.45) is 0.680. The number of carbonyl (C=O) groups excluding carboxylic acids is 1. The van der Waals surface area contributed by atoms with Gasteiger partial charge in [-0.05, 0) is 44.9 Å². The smallest absolute Gasteiger partial charge is 0.311 e. The van der Waals surface area contributed by atoms with Crippen LogP contribution in [0.1, 0.15) is 26.3 Å². The van der Waals surface area contributed by atoms with E-state index < -0.39 is 5.41 Å². The Balaban J connectivity index is 2.72. The number of hydrogen-bond donors (Lipinski definition) is 1. The first-order valence-corrected chi connectivity index (χ1v) is 5.85. The van der Waals surface area contributed by atoms with Crippen molar-refractivity contribution in [2.45, 2.75) is 32.1 Å². The van der Waals surface area contributed by atoms with Crippen LogP contribution in [0.4, 0.5) is 0 Å². The topological polar surface area (TPSA) is 26.3 Å². The van der Waals surface area contributed by atoms with Crippen molar-refractivity contribution in [2.75, 3.05) is 6.61 Å². The summed E-state index contributed by atoms with van der Waals surface area (Å²) in [7, 11) is 0. The summed E-state index contributed by atoms with van der Waals surface area (Å²) in [5.74, 6) is -0.148. The Hall–Kier alpha value is -0.960. The molecule has 0 N–H and O–H groups in total. The molecule has 2 nitrogen and oxygen atoms in total. The molecule has 0 aromatic heterocycles. The van der Waals surface area contributed by atoms with Gasteiger partial charge in [0.1, 0.15) is 0 Å². The van der Waals surface area contributed by atoms with E-state index in [1.165, 1.54) is 0 Å². The first kappa shape index (κ1) is 13.1. The van der Waals surface area contributed by atoms with Crippen LogP contribution in [0.15, 0.2) is 29.2 Å². The SMILES string of the molecule is CCOC(=O)C(C)(C)Cc1ccc(S)cc1. The van der Waals surface area contributed by atoms with Gasteiger partial charge in [0.25, 0.3) is 0 Å². The lowest BCUT2D eigenvalue weighted by Crippen LogP contribution is -2.28. The van der Waals surface area contributed by atoms with Crippen molar-refractivity contribution in [2.24, 2.45) is 5.41 Å². The van der Waals surface area contributed by atoms with Crippen molar-refractivity contribution >= 4 is 18.6 Å². The van der Waals surface area contributed by atoms with E-state index in [0.29, 0.717) is 13.0 Å². The number of thiol groups is 1. The number of benzene rings is 1. The Morgan fingerprint density at radius 2 is 1.88 bits per heavy atom. The second-order valence-electron chi connectivity index (χ2n) is 4.45. The second kappa shape index (κ2) is 5.39. The van der Waals surface area contributed by atoms with Crippen molar-refractivity contribution in [3.05, 3.63) is 29.8 Å². The molecule has 0 bridgehead atoms. The molecule has 0 saturated heterocycles. The van der Waals surface area contributed by atoms with Gasteiger partial charge in [0, 0.05) is 4.90 Å². The highest BCUT2D eigenvalue weighted by molar-refractivity contribution is 7.80. The van der Waals surface area contributed by atoms with Crippen LogP contribution in [-0.2, 0) is 16.0 Å². The van der Waals surface area contributed by atoms with E-state index in [1.807, 2.05) is 45.0 Å². The average molecular weight is 238 g/mol. The lowest BCUT2D eigenvalue weighted by atomic mass is 9.86. The maximum atomic E-state index is 11.7. The first-order chi connectivity index (χ1) is 7.45. The van der Waals surface area contributed by atoms with E-state index in [0.717, 1.165) is 10.5 Å². The predicted molar refractivity (Wildman–Crippen MR) is 67.8 cm³/mol. The molecular weight excluding hydrogens is 220 g/mol. The minimum Gasteiger partial charge on any atom is -0.466 e. The number of ether oxygens (including phenoxy) is 1. The van der Waals surface area contributed by atoms with Gasteiger partial charge >= 0.3 is 5.97 Å². The molecule has 1 rings (SSSR count). The molecule has 0 saturated carbocycles. The summed E-state index contributed by atoms with van der Waals surface area (Å²) >= 11 is 4.23. The van der Waals surface area contributed by atoms with Crippen molar-refractivity contribution < 1.29 is 9.53 Å². The maximum absolute atomic E-state index is 11.7. The van der Waals surface area contributed by atoms with E-state index in [9.17, 15) is 4.79 Å². The molecule has 0 unspecified atom stereocenters. The van der Waals surface area contributed by atoms with Crippen LogP contribution in [0.5, 0.6) is 0 Å². The van der Waals surface area contributed by atoms with Gasteiger partial charge in [-0.1, -0.05) is 12.1 Å². The molecule has 0 radical (unpaired) electrons. The quantitative estimate of drug-likeness (QED) is 0.644. The highest BCUT2D eigenvalue weighted by Gasteiger charge is 2.29. The third-order valence-electron chi connectivity index (χ3n) is 2.41. The van der Waals surface area contributed by atoms with Crippen LogP contribution >= 0.6 is 12.6 Å². The van der Waals surface area contributed by atoms with E-state index in [1.54, 1.807) is 0 Å². The zero-order valence-corrected chi connectivity index (χ0v) is 10.9. The van der Waals surface area contributed by atoms with Gasteiger partial charge in [-0.25, -0.2) is 0 Å². The lowest BCUT2D eigenvalue weighted by Gasteiger charge is -2.22. The van der Waals surface area contributed by atoms with Gasteiger partial charge < -0.3 is 4.74 Å². The van der Waals surface area contributed by atoms with E-state index in [2.05, 4.69) is 12.6 Å². The number of esters is 1.